The first-order chi connectivity index (χ1) is 18.2. The van der Waals surface area contributed by atoms with Crippen LogP contribution < -0.4 is 10.2 Å². The number of likely N-dealkylation sites (tertiary alicyclic amines) is 1. The molecule has 2 N–H and O–H groups in total. The summed E-state index contributed by atoms with van der Waals surface area (Å²) in [5.74, 6) is -0.579. The zero-order chi connectivity index (χ0) is 26.6. The van der Waals surface area contributed by atoms with Gasteiger partial charge in [-0.25, -0.2) is 13.8 Å². The monoisotopic (exact) mass is 522 g/mol. The zero-order valence-electron chi connectivity index (χ0n) is 20.8. The van der Waals surface area contributed by atoms with Gasteiger partial charge in [0.25, 0.3) is 5.91 Å². The van der Waals surface area contributed by atoms with Gasteiger partial charge in [-0.2, -0.15) is 9.37 Å². The fourth-order valence-electron chi connectivity index (χ4n) is 5.07. The summed E-state index contributed by atoms with van der Waals surface area (Å²) in [5.41, 5.74) is 1.88. The van der Waals surface area contributed by atoms with Gasteiger partial charge >= 0.3 is 0 Å². The van der Waals surface area contributed by atoms with E-state index in [9.17, 15) is 18.0 Å². The number of halogens is 3. The van der Waals surface area contributed by atoms with Crippen molar-refractivity contribution in [1.29, 1.82) is 0 Å². The van der Waals surface area contributed by atoms with Crippen LogP contribution in [0.5, 0.6) is 0 Å². The Kier molecular flexibility index (Phi) is 5.62. The summed E-state index contributed by atoms with van der Waals surface area (Å²) in [5, 5.41) is 8.85. The number of nitrogens with one attached hydrogen (secondary N) is 2. The maximum Gasteiger partial charge on any atom is 0.270 e. The third-order valence-corrected chi connectivity index (χ3v) is 7.04. The Morgan fingerprint density at radius 1 is 1.16 bits per heavy atom. The molecule has 38 heavy (non-hydrogen) atoms. The summed E-state index contributed by atoms with van der Waals surface area (Å²) >= 11 is 0. The van der Waals surface area contributed by atoms with E-state index >= 15 is 0 Å². The molecule has 0 aliphatic carbocycles. The topological polar surface area (TPSA) is 95.0 Å². The standard InChI is InChI=1S/C26H25F3N8O/c1-26(29)13-37(14-26)24(38)20-9-15-6-8-36(12-21(15)35(20)2)25-30-7-5-22(33-25)32-16-3-4-17(19(27)10-16)18-11-31-34-23(18)28/h3-5,7,9-11H,6,8,12-14H2,1-2H3,(H,31,34)(H,30,32,33). The number of benzene rings is 1. The van der Waals surface area contributed by atoms with Gasteiger partial charge in [0.1, 0.15) is 23.0 Å². The van der Waals surface area contributed by atoms with Crippen molar-refractivity contribution in [2.75, 3.05) is 29.9 Å². The molecule has 3 aromatic heterocycles. The molecule has 0 saturated carbocycles. The molecule has 1 saturated heterocycles. The van der Waals surface area contributed by atoms with Gasteiger partial charge < -0.3 is 19.7 Å². The molecule has 2 aliphatic rings. The maximum absolute atomic E-state index is 14.7. The predicted octanol–water partition coefficient (Wildman–Crippen LogP) is 3.97. The molecule has 6 rings (SSSR count). The zero-order valence-corrected chi connectivity index (χ0v) is 20.8. The fraction of sp³-hybridized carbons (Fsp3) is 0.308. The number of aromatic amines is 1. The normalized spacial score (nSPS) is 16.2. The first-order valence-corrected chi connectivity index (χ1v) is 12.2. The number of fused-ring (bicyclic) bond motifs is 1. The quantitative estimate of drug-likeness (QED) is 0.412. The molecule has 0 radical (unpaired) electrons. The summed E-state index contributed by atoms with van der Waals surface area (Å²) < 4.78 is 44.2. The van der Waals surface area contributed by atoms with Crippen LogP contribution in [0, 0.1) is 11.8 Å². The van der Waals surface area contributed by atoms with Gasteiger partial charge in [-0.05, 0) is 49.2 Å². The Labute approximate surface area is 216 Å². The molecule has 0 bridgehead atoms. The van der Waals surface area contributed by atoms with Gasteiger partial charge in [-0.1, -0.05) is 0 Å². The first kappa shape index (κ1) is 24.0. The molecule has 9 nitrogen and oxygen atoms in total. The van der Waals surface area contributed by atoms with E-state index < -0.39 is 17.4 Å². The first-order valence-electron chi connectivity index (χ1n) is 12.2. The Hall–Kier alpha value is -4.35. The molecule has 5 heterocycles. The number of carbonyl (C=O) groups is 1. The number of hydrogen-bond acceptors (Lipinski definition) is 6. The van der Waals surface area contributed by atoms with E-state index in [1.807, 2.05) is 22.6 Å². The number of anilines is 3. The second-order valence-corrected chi connectivity index (χ2v) is 9.96. The Morgan fingerprint density at radius 3 is 2.68 bits per heavy atom. The second kappa shape index (κ2) is 8.89. The lowest BCUT2D eigenvalue weighted by molar-refractivity contribution is -0.00847. The maximum atomic E-state index is 14.7. The average Bonchev–Trinajstić information content (AvgIpc) is 3.45. The SMILES string of the molecule is Cn1c(C(=O)N2CC(C)(F)C2)cc2c1CN(c1nccc(Nc3ccc(-c4c[nH]nc4F)c(F)c3)n1)CC2. The molecule has 1 amide bonds. The van der Waals surface area contributed by atoms with Crippen LogP contribution in [-0.2, 0) is 20.0 Å². The van der Waals surface area contributed by atoms with Crippen molar-refractivity contribution in [2.45, 2.75) is 25.6 Å². The number of carbonyl (C=O) groups excluding carboxylic acids is 1. The van der Waals surface area contributed by atoms with E-state index in [1.54, 1.807) is 18.3 Å². The minimum Gasteiger partial charge on any atom is -0.342 e. The van der Waals surface area contributed by atoms with Crippen LogP contribution in [0.1, 0.15) is 28.7 Å². The highest BCUT2D eigenvalue weighted by molar-refractivity contribution is 5.94. The number of H-pyrrole nitrogens is 1. The second-order valence-electron chi connectivity index (χ2n) is 9.96. The highest BCUT2D eigenvalue weighted by atomic mass is 19.1. The van der Waals surface area contributed by atoms with Crippen molar-refractivity contribution in [2.24, 2.45) is 7.05 Å². The van der Waals surface area contributed by atoms with E-state index in [0.29, 0.717) is 42.7 Å². The van der Waals surface area contributed by atoms with Crippen molar-refractivity contribution < 1.29 is 18.0 Å². The van der Waals surface area contributed by atoms with Crippen molar-refractivity contribution in [3.63, 3.8) is 0 Å². The third-order valence-electron chi connectivity index (χ3n) is 7.04. The summed E-state index contributed by atoms with van der Waals surface area (Å²) in [6.45, 7) is 2.87. The third kappa shape index (κ3) is 4.25. The molecule has 1 aromatic carbocycles. The number of nitrogens with zero attached hydrogens (tertiary/aromatic N) is 6. The lowest BCUT2D eigenvalue weighted by Crippen LogP contribution is -2.59. The molecule has 4 aromatic rings. The largest absolute Gasteiger partial charge is 0.342 e. The molecule has 196 valence electrons. The summed E-state index contributed by atoms with van der Waals surface area (Å²) in [7, 11) is 1.84. The molecular weight excluding hydrogens is 497 g/mol. The smallest absolute Gasteiger partial charge is 0.270 e. The minimum atomic E-state index is -1.32. The van der Waals surface area contributed by atoms with E-state index in [0.717, 1.165) is 11.3 Å². The highest BCUT2D eigenvalue weighted by Gasteiger charge is 2.42. The van der Waals surface area contributed by atoms with E-state index in [-0.39, 0.29) is 30.1 Å². The van der Waals surface area contributed by atoms with Crippen LogP contribution >= 0.6 is 0 Å². The number of rotatable bonds is 5. The Morgan fingerprint density at radius 2 is 1.97 bits per heavy atom. The van der Waals surface area contributed by atoms with E-state index in [4.69, 9.17) is 0 Å². The lowest BCUT2D eigenvalue weighted by atomic mass is 9.98. The molecule has 2 aliphatic heterocycles. The predicted molar refractivity (Wildman–Crippen MR) is 135 cm³/mol. The molecule has 1 fully saturated rings. The van der Waals surface area contributed by atoms with Crippen molar-refractivity contribution in [3.8, 4) is 11.1 Å². The van der Waals surface area contributed by atoms with Crippen LogP contribution in [0.15, 0.2) is 42.7 Å². The minimum absolute atomic E-state index is 0.0548. The highest BCUT2D eigenvalue weighted by Crippen LogP contribution is 2.31. The molecule has 0 atom stereocenters. The summed E-state index contributed by atoms with van der Waals surface area (Å²) in [6.07, 6.45) is 3.62. The van der Waals surface area contributed by atoms with E-state index in [2.05, 4.69) is 25.5 Å². The average molecular weight is 523 g/mol. The van der Waals surface area contributed by atoms with Crippen molar-refractivity contribution in [1.82, 2.24) is 29.6 Å². The number of alkyl halides is 1. The van der Waals surface area contributed by atoms with Crippen LogP contribution in [0.25, 0.3) is 11.1 Å². The number of hydrogen-bond donors (Lipinski definition) is 2. The van der Waals surface area contributed by atoms with Gasteiger partial charge in [0, 0.05) is 42.9 Å². The van der Waals surface area contributed by atoms with Crippen molar-refractivity contribution in [3.05, 3.63) is 71.4 Å². The van der Waals surface area contributed by atoms with Gasteiger partial charge in [-0.15, -0.1) is 5.10 Å². The molecule has 12 heteroatoms. The fourth-order valence-corrected chi connectivity index (χ4v) is 5.07. The molecular formula is C26H25F3N8O. The van der Waals surface area contributed by atoms with Gasteiger partial charge in [0.2, 0.25) is 11.9 Å². The van der Waals surface area contributed by atoms with Crippen molar-refractivity contribution >= 4 is 23.4 Å². The Bertz CT molecular complexity index is 1540. The van der Waals surface area contributed by atoms with Crippen LogP contribution in [0.2, 0.25) is 0 Å². The van der Waals surface area contributed by atoms with Crippen LogP contribution in [-0.4, -0.2) is 60.8 Å². The van der Waals surface area contributed by atoms with Crippen LogP contribution in [0.4, 0.5) is 30.6 Å². The number of aromatic nitrogens is 5. The van der Waals surface area contributed by atoms with Gasteiger partial charge in [-0.3, -0.25) is 9.89 Å². The number of amides is 1. The Balaban J connectivity index is 1.18. The molecule has 0 unspecified atom stereocenters. The van der Waals surface area contributed by atoms with Gasteiger partial charge in [0.05, 0.1) is 25.2 Å². The summed E-state index contributed by atoms with van der Waals surface area (Å²) in [6, 6.07) is 7.94. The van der Waals surface area contributed by atoms with Crippen LogP contribution in [0.3, 0.4) is 0 Å². The molecule has 0 spiro atoms. The van der Waals surface area contributed by atoms with E-state index in [1.165, 1.54) is 30.2 Å². The van der Waals surface area contributed by atoms with Gasteiger partial charge in [0.15, 0.2) is 0 Å². The summed E-state index contributed by atoms with van der Waals surface area (Å²) in [4.78, 5) is 25.4. The lowest BCUT2D eigenvalue weighted by Gasteiger charge is -2.42.